The van der Waals surface area contributed by atoms with Crippen LogP contribution in [-0.2, 0) is 13.0 Å². The van der Waals surface area contributed by atoms with Crippen molar-refractivity contribution in [1.82, 2.24) is 14.9 Å². The smallest absolute Gasteiger partial charge is 0.124 e. The van der Waals surface area contributed by atoms with Gasteiger partial charge in [0.15, 0.2) is 0 Å². The van der Waals surface area contributed by atoms with Crippen molar-refractivity contribution in [2.75, 3.05) is 13.1 Å². The van der Waals surface area contributed by atoms with Crippen molar-refractivity contribution >= 4 is 11.0 Å². The van der Waals surface area contributed by atoms with E-state index in [9.17, 15) is 5.11 Å². The molecule has 0 amide bonds. The molecular formula is C15H20N4O. The van der Waals surface area contributed by atoms with Gasteiger partial charge in [0.1, 0.15) is 5.82 Å². The number of benzene rings is 1. The standard InChI is InChI=1S/C15H20N4O/c1-2-9-17-10-12(20)11-19-14-6-4-3-5-13(14)18-15(19)7-8-16/h3-6,12,17,20H,2,7,9-11H2,1H3. The van der Waals surface area contributed by atoms with Gasteiger partial charge >= 0.3 is 0 Å². The van der Waals surface area contributed by atoms with Gasteiger partial charge in [0.05, 0.1) is 36.2 Å². The fourth-order valence-corrected chi connectivity index (χ4v) is 2.26. The van der Waals surface area contributed by atoms with E-state index in [1.165, 1.54) is 0 Å². The van der Waals surface area contributed by atoms with Gasteiger partial charge < -0.3 is 15.0 Å². The van der Waals surface area contributed by atoms with Crippen LogP contribution in [0, 0.1) is 11.3 Å². The lowest BCUT2D eigenvalue weighted by atomic mass is 10.3. The summed E-state index contributed by atoms with van der Waals surface area (Å²) in [5.74, 6) is 0.711. The van der Waals surface area contributed by atoms with Crippen molar-refractivity contribution < 1.29 is 5.11 Å². The van der Waals surface area contributed by atoms with Gasteiger partial charge in [-0.15, -0.1) is 0 Å². The number of nitriles is 1. The Balaban J connectivity index is 2.18. The summed E-state index contributed by atoms with van der Waals surface area (Å²) in [6.07, 6.45) is 0.807. The fraction of sp³-hybridized carbons (Fsp3) is 0.467. The zero-order valence-corrected chi connectivity index (χ0v) is 11.7. The number of imidazole rings is 1. The molecule has 0 radical (unpaired) electrons. The zero-order valence-electron chi connectivity index (χ0n) is 11.7. The third-order valence-electron chi connectivity index (χ3n) is 3.17. The maximum Gasteiger partial charge on any atom is 0.124 e. The highest BCUT2D eigenvalue weighted by Gasteiger charge is 2.13. The van der Waals surface area contributed by atoms with Gasteiger partial charge in [-0.1, -0.05) is 19.1 Å². The first-order valence-corrected chi connectivity index (χ1v) is 6.96. The molecule has 0 fully saturated rings. The van der Waals surface area contributed by atoms with Crippen LogP contribution in [0.3, 0.4) is 0 Å². The molecule has 2 N–H and O–H groups in total. The third-order valence-corrected chi connectivity index (χ3v) is 3.17. The number of hydrogen-bond acceptors (Lipinski definition) is 4. The number of aliphatic hydroxyl groups excluding tert-OH is 1. The number of hydrogen-bond donors (Lipinski definition) is 2. The van der Waals surface area contributed by atoms with E-state index in [-0.39, 0.29) is 6.42 Å². The Morgan fingerprint density at radius 2 is 2.25 bits per heavy atom. The van der Waals surface area contributed by atoms with Crippen LogP contribution < -0.4 is 5.32 Å². The average Bonchev–Trinajstić information content (AvgIpc) is 2.78. The number of aliphatic hydroxyl groups is 1. The van der Waals surface area contributed by atoms with Crippen molar-refractivity contribution in [3.05, 3.63) is 30.1 Å². The van der Waals surface area contributed by atoms with Crippen LogP contribution in [0.2, 0.25) is 0 Å². The molecule has 0 aliphatic rings. The molecule has 5 nitrogen and oxygen atoms in total. The van der Waals surface area contributed by atoms with Crippen LogP contribution in [0.25, 0.3) is 11.0 Å². The van der Waals surface area contributed by atoms with E-state index in [0.717, 1.165) is 24.0 Å². The molecule has 0 saturated carbocycles. The van der Waals surface area contributed by atoms with E-state index >= 15 is 0 Å². The largest absolute Gasteiger partial charge is 0.390 e. The molecule has 1 atom stereocenters. The molecule has 106 valence electrons. The van der Waals surface area contributed by atoms with Gasteiger partial charge in [-0.2, -0.15) is 5.26 Å². The second-order valence-corrected chi connectivity index (χ2v) is 4.82. The molecular weight excluding hydrogens is 252 g/mol. The van der Waals surface area contributed by atoms with Crippen LogP contribution in [0.15, 0.2) is 24.3 Å². The normalized spacial score (nSPS) is 12.4. The molecule has 2 aromatic rings. The Morgan fingerprint density at radius 3 is 3.00 bits per heavy atom. The summed E-state index contributed by atoms with van der Waals surface area (Å²) >= 11 is 0. The first-order valence-electron chi connectivity index (χ1n) is 6.96. The molecule has 0 spiro atoms. The number of nitrogens with one attached hydrogen (secondary N) is 1. The SMILES string of the molecule is CCCNCC(O)Cn1c(CC#N)nc2ccccc21. The third kappa shape index (κ3) is 3.35. The van der Waals surface area contributed by atoms with Crippen molar-refractivity contribution in [2.45, 2.75) is 32.4 Å². The first kappa shape index (κ1) is 14.5. The predicted molar refractivity (Wildman–Crippen MR) is 78.2 cm³/mol. The highest BCUT2D eigenvalue weighted by molar-refractivity contribution is 5.76. The quantitative estimate of drug-likeness (QED) is 0.748. The average molecular weight is 272 g/mol. The van der Waals surface area contributed by atoms with Crippen molar-refractivity contribution in [2.24, 2.45) is 0 Å². The van der Waals surface area contributed by atoms with E-state index < -0.39 is 6.10 Å². The van der Waals surface area contributed by atoms with E-state index in [1.807, 2.05) is 28.8 Å². The van der Waals surface area contributed by atoms with Crippen LogP contribution in [-0.4, -0.2) is 33.9 Å². The molecule has 0 bridgehead atoms. The number of rotatable bonds is 7. The van der Waals surface area contributed by atoms with Crippen LogP contribution in [0.1, 0.15) is 19.2 Å². The number of nitrogens with zero attached hydrogens (tertiary/aromatic N) is 3. The first-order chi connectivity index (χ1) is 9.76. The molecule has 20 heavy (non-hydrogen) atoms. The fourth-order valence-electron chi connectivity index (χ4n) is 2.26. The molecule has 1 aromatic heterocycles. The highest BCUT2D eigenvalue weighted by atomic mass is 16.3. The molecule has 1 aromatic carbocycles. The maximum atomic E-state index is 10.1. The van der Waals surface area contributed by atoms with Crippen LogP contribution in [0.5, 0.6) is 0 Å². The number of para-hydroxylation sites is 2. The second-order valence-electron chi connectivity index (χ2n) is 4.82. The monoisotopic (exact) mass is 272 g/mol. The van der Waals surface area contributed by atoms with E-state index in [2.05, 4.69) is 23.3 Å². The minimum atomic E-state index is -0.489. The lowest BCUT2D eigenvalue weighted by molar-refractivity contribution is 0.152. The van der Waals surface area contributed by atoms with Gasteiger partial charge in [-0.05, 0) is 25.1 Å². The number of aromatic nitrogens is 2. The molecule has 5 heteroatoms. The Bertz CT molecular complexity index is 599. The lowest BCUT2D eigenvalue weighted by Gasteiger charge is -2.14. The Hall–Kier alpha value is -1.90. The molecule has 1 unspecified atom stereocenters. The molecule has 2 rings (SSSR count). The molecule has 0 saturated heterocycles. The van der Waals surface area contributed by atoms with Gasteiger partial charge in [0, 0.05) is 6.54 Å². The zero-order chi connectivity index (χ0) is 14.4. The van der Waals surface area contributed by atoms with E-state index in [4.69, 9.17) is 5.26 Å². The van der Waals surface area contributed by atoms with Crippen LogP contribution in [0.4, 0.5) is 0 Å². The highest BCUT2D eigenvalue weighted by Crippen LogP contribution is 2.16. The molecule has 1 heterocycles. The van der Waals surface area contributed by atoms with Crippen LogP contribution >= 0.6 is 0 Å². The van der Waals surface area contributed by atoms with Crippen molar-refractivity contribution in [1.29, 1.82) is 5.26 Å². The van der Waals surface area contributed by atoms with Crippen molar-refractivity contribution in [3.63, 3.8) is 0 Å². The Kier molecular flexibility index (Phi) is 5.10. The summed E-state index contributed by atoms with van der Waals surface area (Å²) in [6, 6.07) is 9.89. The summed E-state index contributed by atoms with van der Waals surface area (Å²) in [7, 11) is 0. The summed E-state index contributed by atoms with van der Waals surface area (Å²) in [5, 5.41) is 22.2. The van der Waals surface area contributed by atoms with E-state index in [0.29, 0.717) is 18.9 Å². The lowest BCUT2D eigenvalue weighted by Crippen LogP contribution is -2.31. The van der Waals surface area contributed by atoms with Gasteiger partial charge in [-0.25, -0.2) is 4.98 Å². The molecule has 0 aliphatic carbocycles. The number of fused-ring (bicyclic) bond motifs is 1. The van der Waals surface area contributed by atoms with E-state index in [1.54, 1.807) is 0 Å². The summed E-state index contributed by atoms with van der Waals surface area (Å²) in [6.45, 7) is 3.99. The minimum Gasteiger partial charge on any atom is -0.390 e. The summed E-state index contributed by atoms with van der Waals surface area (Å²) < 4.78 is 1.94. The second kappa shape index (κ2) is 7.04. The Morgan fingerprint density at radius 1 is 1.45 bits per heavy atom. The minimum absolute atomic E-state index is 0.254. The topological polar surface area (TPSA) is 73.9 Å². The summed E-state index contributed by atoms with van der Waals surface area (Å²) in [5.41, 5.74) is 1.83. The van der Waals surface area contributed by atoms with Gasteiger partial charge in [0.2, 0.25) is 0 Å². The van der Waals surface area contributed by atoms with Crippen molar-refractivity contribution in [3.8, 4) is 6.07 Å². The molecule has 0 aliphatic heterocycles. The van der Waals surface area contributed by atoms with Gasteiger partial charge in [-0.3, -0.25) is 0 Å². The predicted octanol–water partition coefficient (Wildman–Crippen LogP) is 1.46. The summed E-state index contributed by atoms with van der Waals surface area (Å²) in [4.78, 5) is 4.46. The Labute approximate surface area is 118 Å². The van der Waals surface area contributed by atoms with Gasteiger partial charge in [0.25, 0.3) is 0 Å². The maximum absolute atomic E-state index is 10.1.